The Morgan fingerprint density at radius 2 is 1.74 bits per heavy atom. The first kappa shape index (κ1) is 15.2. The van der Waals surface area contributed by atoms with E-state index >= 15 is 0 Å². The molecule has 0 fully saturated rings. The van der Waals surface area contributed by atoms with E-state index in [2.05, 4.69) is 10.6 Å². The second-order valence-electron chi connectivity index (χ2n) is 4.64. The van der Waals surface area contributed by atoms with Gasteiger partial charge in [-0.25, -0.2) is 0 Å². The Kier molecular flexibility index (Phi) is 6.64. The first-order chi connectivity index (χ1) is 9.11. The maximum absolute atomic E-state index is 11.5. The number of aryl methyl sites for hydroxylation is 1. The number of hydrogen-bond donors (Lipinski definition) is 2. The van der Waals surface area contributed by atoms with E-state index in [0.717, 1.165) is 18.4 Å². The van der Waals surface area contributed by atoms with Gasteiger partial charge < -0.3 is 10.6 Å². The predicted octanol–water partition coefficient (Wildman–Crippen LogP) is 1.92. The number of amides is 2. The van der Waals surface area contributed by atoms with Crippen molar-refractivity contribution in [3.05, 3.63) is 35.4 Å². The number of benzene rings is 1. The molecule has 0 atom stereocenters. The van der Waals surface area contributed by atoms with Gasteiger partial charge in [0.2, 0.25) is 11.8 Å². The Hall–Kier alpha value is -1.84. The van der Waals surface area contributed by atoms with E-state index < -0.39 is 0 Å². The quantitative estimate of drug-likeness (QED) is 0.788. The van der Waals surface area contributed by atoms with Crippen molar-refractivity contribution in [2.24, 2.45) is 0 Å². The largest absolute Gasteiger partial charge is 0.350 e. The van der Waals surface area contributed by atoms with Crippen LogP contribution in [0, 0.1) is 6.92 Å². The van der Waals surface area contributed by atoms with Gasteiger partial charge in [0, 0.05) is 13.0 Å². The van der Waals surface area contributed by atoms with Crippen molar-refractivity contribution in [3.63, 3.8) is 0 Å². The van der Waals surface area contributed by atoms with E-state index in [1.807, 2.05) is 38.1 Å². The van der Waals surface area contributed by atoms with Crippen LogP contribution in [0.15, 0.2) is 24.3 Å². The summed E-state index contributed by atoms with van der Waals surface area (Å²) in [6, 6.07) is 7.98. The second kappa shape index (κ2) is 8.29. The highest BCUT2D eigenvalue weighted by Crippen LogP contribution is 2.02. The third-order valence-electron chi connectivity index (χ3n) is 2.81. The van der Waals surface area contributed by atoms with E-state index in [1.54, 1.807) is 0 Å². The van der Waals surface area contributed by atoms with Crippen LogP contribution in [0.25, 0.3) is 0 Å². The van der Waals surface area contributed by atoms with Crippen LogP contribution in [0.1, 0.15) is 37.3 Å². The number of hydrogen-bond acceptors (Lipinski definition) is 2. The molecule has 0 bridgehead atoms. The summed E-state index contributed by atoms with van der Waals surface area (Å²) in [7, 11) is 0. The average molecular weight is 262 g/mol. The van der Waals surface area contributed by atoms with E-state index in [9.17, 15) is 9.59 Å². The third-order valence-corrected chi connectivity index (χ3v) is 2.81. The monoisotopic (exact) mass is 262 g/mol. The summed E-state index contributed by atoms with van der Waals surface area (Å²) in [5.41, 5.74) is 2.24. The lowest BCUT2D eigenvalue weighted by molar-refractivity contribution is -0.126. The van der Waals surface area contributed by atoms with Crippen LogP contribution in [0.2, 0.25) is 0 Å². The topological polar surface area (TPSA) is 58.2 Å². The Balaban J connectivity index is 2.21. The van der Waals surface area contributed by atoms with E-state index in [1.165, 1.54) is 5.56 Å². The summed E-state index contributed by atoms with van der Waals surface area (Å²) < 4.78 is 0. The molecule has 1 rings (SSSR count). The molecule has 0 saturated carbocycles. The first-order valence-corrected chi connectivity index (χ1v) is 6.70. The molecular formula is C15H22N2O2. The highest BCUT2D eigenvalue weighted by Gasteiger charge is 2.04. The lowest BCUT2D eigenvalue weighted by atomic mass is 10.1. The van der Waals surface area contributed by atoms with Crippen LogP contribution in [0.5, 0.6) is 0 Å². The molecule has 1 aromatic carbocycles. The van der Waals surface area contributed by atoms with Crippen molar-refractivity contribution >= 4 is 11.8 Å². The van der Waals surface area contributed by atoms with Gasteiger partial charge in [0.15, 0.2) is 0 Å². The summed E-state index contributed by atoms with van der Waals surface area (Å²) in [4.78, 5) is 22.9. The Morgan fingerprint density at radius 1 is 1.05 bits per heavy atom. The Bertz CT molecular complexity index is 413. The molecule has 0 aliphatic heterocycles. The van der Waals surface area contributed by atoms with Crippen LogP contribution in [-0.4, -0.2) is 18.4 Å². The molecule has 0 aliphatic rings. The van der Waals surface area contributed by atoms with Crippen LogP contribution in [0.4, 0.5) is 0 Å². The number of carbonyl (C=O) groups excluding carboxylic acids is 2. The molecule has 0 aliphatic carbocycles. The molecule has 0 heterocycles. The van der Waals surface area contributed by atoms with Crippen molar-refractivity contribution in [3.8, 4) is 0 Å². The summed E-state index contributed by atoms with van der Waals surface area (Å²) in [6.07, 6.45) is 2.33. The first-order valence-electron chi connectivity index (χ1n) is 6.70. The maximum atomic E-state index is 11.5. The lowest BCUT2D eigenvalue weighted by Crippen LogP contribution is -2.36. The summed E-state index contributed by atoms with van der Waals surface area (Å²) in [5, 5.41) is 5.39. The highest BCUT2D eigenvalue weighted by molar-refractivity contribution is 5.84. The normalized spacial score (nSPS) is 10.0. The van der Waals surface area contributed by atoms with Gasteiger partial charge in [-0.15, -0.1) is 0 Å². The minimum atomic E-state index is -0.162. The average Bonchev–Trinajstić information content (AvgIpc) is 2.42. The molecule has 19 heavy (non-hydrogen) atoms. The molecule has 4 nitrogen and oxygen atoms in total. The maximum Gasteiger partial charge on any atom is 0.239 e. The van der Waals surface area contributed by atoms with Gasteiger partial charge in [-0.1, -0.05) is 43.2 Å². The smallest absolute Gasteiger partial charge is 0.239 e. The molecular weight excluding hydrogens is 240 g/mol. The molecule has 0 aromatic heterocycles. The minimum Gasteiger partial charge on any atom is -0.350 e. The fourth-order valence-electron chi connectivity index (χ4n) is 1.57. The van der Waals surface area contributed by atoms with Crippen LogP contribution < -0.4 is 10.6 Å². The summed E-state index contributed by atoms with van der Waals surface area (Å²) in [6.45, 7) is 4.59. The van der Waals surface area contributed by atoms with Crippen molar-refractivity contribution < 1.29 is 9.59 Å². The molecule has 4 heteroatoms. The Labute approximate surface area is 114 Å². The summed E-state index contributed by atoms with van der Waals surface area (Å²) in [5.74, 6) is -0.224. The van der Waals surface area contributed by atoms with Gasteiger partial charge in [-0.05, 0) is 18.9 Å². The SMILES string of the molecule is CCCCC(=O)NCC(=O)NCc1ccc(C)cc1. The number of carbonyl (C=O) groups is 2. The van der Waals surface area contributed by atoms with Crippen molar-refractivity contribution in [2.75, 3.05) is 6.54 Å². The van der Waals surface area contributed by atoms with Crippen LogP contribution in [-0.2, 0) is 16.1 Å². The fraction of sp³-hybridized carbons (Fsp3) is 0.467. The number of nitrogens with one attached hydrogen (secondary N) is 2. The molecule has 104 valence electrons. The molecule has 0 unspecified atom stereocenters. The van der Waals surface area contributed by atoms with Gasteiger partial charge in [0.05, 0.1) is 6.54 Å². The predicted molar refractivity (Wildman–Crippen MR) is 75.6 cm³/mol. The molecule has 2 N–H and O–H groups in total. The van der Waals surface area contributed by atoms with Gasteiger partial charge >= 0.3 is 0 Å². The summed E-state index contributed by atoms with van der Waals surface area (Å²) >= 11 is 0. The zero-order chi connectivity index (χ0) is 14.1. The van der Waals surface area contributed by atoms with Crippen molar-refractivity contribution in [1.82, 2.24) is 10.6 Å². The molecule has 0 radical (unpaired) electrons. The lowest BCUT2D eigenvalue weighted by Gasteiger charge is -2.07. The van der Waals surface area contributed by atoms with Crippen molar-refractivity contribution in [1.29, 1.82) is 0 Å². The zero-order valence-electron chi connectivity index (χ0n) is 11.7. The third kappa shape index (κ3) is 6.60. The standard InChI is InChI=1S/C15H22N2O2/c1-3-4-5-14(18)17-11-15(19)16-10-13-8-6-12(2)7-9-13/h6-9H,3-5,10-11H2,1-2H3,(H,16,19)(H,17,18). The Morgan fingerprint density at radius 3 is 2.37 bits per heavy atom. The number of unbranched alkanes of at least 4 members (excludes halogenated alkanes) is 1. The second-order valence-corrected chi connectivity index (χ2v) is 4.64. The molecule has 0 saturated heterocycles. The molecule has 2 amide bonds. The van der Waals surface area contributed by atoms with Gasteiger partial charge in [0.1, 0.15) is 0 Å². The van der Waals surface area contributed by atoms with Gasteiger partial charge in [-0.3, -0.25) is 9.59 Å². The van der Waals surface area contributed by atoms with Crippen LogP contribution in [0.3, 0.4) is 0 Å². The van der Waals surface area contributed by atoms with Crippen LogP contribution >= 0.6 is 0 Å². The van der Waals surface area contributed by atoms with E-state index in [-0.39, 0.29) is 18.4 Å². The van der Waals surface area contributed by atoms with E-state index in [4.69, 9.17) is 0 Å². The van der Waals surface area contributed by atoms with Crippen molar-refractivity contribution in [2.45, 2.75) is 39.7 Å². The fourth-order valence-corrected chi connectivity index (χ4v) is 1.57. The molecule has 0 spiro atoms. The number of rotatable bonds is 7. The van der Waals surface area contributed by atoms with Gasteiger partial charge in [0.25, 0.3) is 0 Å². The highest BCUT2D eigenvalue weighted by atomic mass is 16.2. The van der Waals surface area contributed by atoms with Gasteiger partial charge in [-0.2, -0.15) is 0 Å². The van der Waals surface area contributed by atoms with E-state index in [0.29, 0.717) is 13.0 Å². The zero-order valence-corrected chi connectivity index (χ0v) is 11.7. The molecule has 1 aromatic rings. The minimum absolute atomic E-state index is 0.0500.